The first-order valence-corrected chi connectivity index (χ1v) is 7.82. The van der Waals surface area contributed by atoms with Gasteiger partial charge in [0.1, 0.15) is 0 Å². The molecular formula is C15H19NO2S. The Morgan fingerprint density at radius 2 is 2.42 bits per heavy atom. The molecule has 0 radical (unpaired) electrons. The van der Waals surface area contributed by atoms with E-state index in [0.29, 0.717) is 12.5 Å². The van der Waals surface area contributed by atoms with Crippen LogP contribution in [0.1, 0.15) is 20.3 Å². The Balaban J connectivity index is 1.97. The number of hydrogen-bond donors (Lipinski definition) is 0. The molecule has 0 aromatic heterocycles. The third-order valence-electron chi connectivity index (χ3n) is 4.26. The number of allylic oxidation sites excluding steroid dienone is 3. The van der Waals surface area contributed by atoms with Gasteiger partial charge in [-0.05, 0) is 25.3 Å². The van der Waals surface area contributed by atoms with Gasteiger partial charge in [-0.1, -0.05) is 25.2 Å². The molecule has 0 aromatic rings. The number of rotatable bonds is 2. The lowest BCUT2D eigenvalue weighted by Gasteiger charge is -2.37. The standard InChI is InChI=1S/C15H19NO2S/c1-3-18-14(17)13-10(2)19-15-8-5-4-6-12(15)16-9-7-11(13)15/h4-6,8,10-11,13H,3,7,9H2,1-2H3. The van der Waals surface area contributed by atoms with Gasteiger partial charge in [0.2, 0.25) is 0 Å². The largest absolute Gasteiger partial charge is 0.466 e. The first kappa shape index (κ1) is 13.0. The molecule has 1 fully saturated rings. The minimum Gasteiger partial charge on any atom is -0.466 e. The van der Waals surface area contributed by atoms with E-state index >= 15 is 0 Å². The van der Waals surface area contributed by atoms with Crippen LogP contribution in [0.2, 0.25) is 0 Å². The predicted molar refractivity (Wildman–Crippen MR) is 78.6 cm³/mol. The summed E-state index contributed by atoms with van der Waals surface area (Å²) in [5, 5.41) is 0.281. The number of aliphatic imine (C=N–C) groups is 1. The summed E-state index contributed by atoms with van der Waals surface area (Å²) in [6, 6.07) is 0. The maximum Gasteiger partial charge on any atom is 0.310 e. The van der Waals surface area contributed by atoms with Crippen LogP contribution in [0.3, 0.4) is 0 Å². The van der Waals surface area contributed by atoms with Crippen molar-refractivity contribution in [2.24, 2.45) is 16.8 Å². The Labute approximate surface area is 118 Å². The summed E-state index contributed by atoms with van der Waals surface area (Å²) >= 11 is 1.87. The van der Waals surface area contributed by atoms with Gasteiger partial charge in [-0.15, -0.1) is 11.8 Å². The highest BCUT2D eigenvalue weighted by atomic mass is 32.2. The van der Waals surface area contributed by atoms with Gasteiger partial charge >= 0.3 is 5.97 Å². The van der Waals surface area contributed by atoms with Crippen LogP contribution in [-0.4, -0.2) is 34.8 Å². The Kier molecular flexibility index (Phi) is 3.29. The second-order valence-electron chi connectivity index (χ2n) is 5.27. The van der Waals surface area contributed by atoms with Gasteiger partial charge in [-0.25, -0.2) is 0 Å². The maximum atomic E-state index is 12.3. The summed E-state index contributed by atoms with van der Waals surface area (Å²) in [5.74, 6) is 0.278. The first-order chi connectivity index (χ1) is 9.19. The zero-order valence-electron chi connectivity index (χ0n) is 11.3. The lowest BCUT2D eigenvalue weighted by Crippen LogP contribution is -2.45. The fourth-order valence-electron chi connectivity index (χ4n) is 3.52. The van der Waals surface area contributed by atoms with Crippen molar-refractivity contribution in [2.45, 2.75) is 30.3 Å². The van der Waals surface area contributed by atoms with Crippen LogP contribution in [-0.2, 0) is 9.53 Å². The summed E-state index contributed by atoms with van der Waals surface area (Å²) in [6.07, 6.45) is 9.43. The summed E-state index contributed by atoms with van der Waals surface area (Å²) in [6.45, 7) is 5.30. The van der Waals surface area contributed by atoms with Crippen LogP contribution < -0.4 is 0 Å². The molecule has 2 aliphatic heterocycles. The lowest BCUT2D eigenvalue weighted by atomic mass is 9.73. The van der Waals surface area contributed by atoms with E-state index in [0.717, 1.165) is 18.7 Å². The molecule has 4 heteroatoms. The van der Waals surface area contributed by atoms with Crippen molar-refractivity contribution >= 4 is 23.4 Å². The normalized spacial score (nSPS) is 39.5. The molecule has 0 amide bonds. The number of ether oxygens (including phenoxy) is 1. The van der Waals surface area contributed by atoms with Crippen LogP contribution in [0.25, 0.3) is 0 Å². The van der Waals surface area contributed by atoms with E-state index < -0.39 is 0 Å². The van der Waals surface area contributed by atoms with E-state index in [2.05, 4.69) is 30.1 Å². The minimum absolute atomic E-state index is 0.00778. The molecule has 2 heterocycles. The molecule has 0 bridgehead atoms. The van der Waals surface area contributed by atoms with E-state index in [4.69, 9.17) is 4.74 Å². The Morgan fingerprint density at radius 1 is 1.58 bits per heavy atom. The second-order valence-corrected chi connectivity index (χ2v) is 6.93. The van der Waals surface area contributed by atoms with E-state index in [1.54, 1.807) is 0 Å². The molecule has 3 rings (SSSR count). The third kappa shape index (κ3) is 1.88. The van der Waals surface area contributed by atoms with Gasteiger partial charge in [0.05, 0.1) is 23.0 Å². The number of esters is 1. The van der Waals surface area contributed by atoms with Gasteiger partial charge in [0.15, 0.2) is 0 Å². The summed E-state index contributed by atoms with van der Waals surface area (Å²) in [7, 11) is 0. The zero-order valence-corrected chi connectivity index (χ0v) is 12.2. The molecular weight excluding hydrogens is 258 g/mol. The molecule has 3 aliphatic rings. The lowest BCUT2D eigenvalue weighted by molar-refractivity contribution is -0.149. The van der Waals surface area contributed by atoms with Crippen molar-refractivity contribution in [3.05, 3.63) is 24.3 Å². The molecule has 0 N–H and O–H groups in total. The summed E-state index contributed by atoms with van der Waals surface area (Å²) in [5.41, 5.74) is 1.13. The van der Waals surface area contributed by atoms with Crippen molar-refractivity contribution < 1.29 is 9.53 Å². The highest BCUT2D eigenvalue weighted by Gasteiger charge is 2.57. The summed E-state index contributed by atoms with van der Waals surface area (Å²) < 4.78 is 5.19. The molecule has 0 saturated carbocycles. The SMILES string of the molecule is CCOC(=O)C1C(C)SC23C=CC=CC2=NCCC13. The van der Waals surface area contributed by atoms with Crippen molar-refractivity contribution in [2.75, 3.05) is 13.2 Å². The monoisotopic (exact) mass is 277 g/mol. The maximum absolute atomic E-state index is 12.3. The van der Waals surface area contributed by atoms with E-state index in [9.17, 15) is 4.79 Å². The van der Waals surface area contributed by atoms with Crippen LogP contribution in [0, 0.1) is 11.8 Å². The fraction of sp³-hybridized carbons (Fsp3) is 0.600. The minimum atomic E-state index is -0.0934. The number of carbonyl (C=O) groups is 1. The third-order valence-corrected chi connectivity index (χ3v) is 5.96. The zero-order chi connectivity index (χ0) is 13.5. The van der Waals surface area contributed by atoms with E-state index in [1.165, 1.54) is 0 Å². The van der Waals surface area contributed by atoms with Gasteiger partial charge in [-0.2, -0.15) is 0 Å². The molecule has 19 heavy (non-hydrogen) atoms. The Morgan fingerprint density at radius 3 is 3.21 bits per heavy atom. The fourth-order valence-corrected chi connectivity index (χ4v) is 5.44. The quantitative estimate of drug-likeness (QED) is 0.728. The second kappa shape index (κ2) is 4.82. The molecule has 4 atom stereocenters. The number of carbonyl (C=O) groups excluding carboxylic acids is 1. The average molecular weight is 277 g/mol. The molecule has 3 nitrogen and oxygen atoms in total. The molecule has 1 saturated heterocycles. The highest BCUT2D eigenvalue weighted by molar-refractivity contribution is 8.02. The number of hydrogen-bond acceptors (Lipinski definition) is 4. The Bertz CT molecular complexity index is 483. The first-order valence-electron chi connectivity index (χ1n) is 6.94. The van der Waals surface area contributed by atoms with Gasteiger partial charge in [-0.3, -0.25) is 9.79 Å². The Hall–Kier alpha value is -1.03. The predicted octanol–water partition coefficient (Wildman–Crippen LogP) is 2.63. The van der Waals surface area contributed by atoms with Crippen LogP contribution in [0.4, 0.5) is 0 Å². The molecule has 4 unspecified atom stereocenters. The van der Waals surface area contributed by atoms with Crippen LogP contribution in [0.5, 0.6) is 0 Å². The molecule has 1 aliphatic carbocycles. The highest BCUT2D eigenvalue weighted by Crippen LogP contribution is 2.56. The van der Waals surface area contributed by atoms with Crippen molar-refractivity contribution in [3.8, 4) is 0 Å². The number of thioether (sulfide) groups is 1. The van der Waals surface area contributed by atoms with E-state index in [-0.39, 0.29) is 21.9 Å². The van der Waals surface area contributed by atoms with Crippen molar-refractivity contribution in [1.82, 2.24) is 0 Å². The van der Waals surface area contributed by atoms with Gasteiger partial charge < -0.3 is 4.74 Å². The smallest absolute Gasteiger partial charge is 0.310 e. The molecule has 0 aromatic carbocycles. The van der Waals surface area contributed by atoms with Crippen molar-refractivity contribution in [1.29, 1.82) is 0 Å². The molecule has 1 spiro atoms. The topological polar surface area (TPSA) is 38.7 Å². The van der Waals surface area contributed by atoms with Crippen molar-refractivity contribution in [3.63, 3.8) is 0 Å². The van der Waals surface area contributed by atoms with Crippen LogP contribution in [0.15, 0.2) is 29.3 Å². The number of nitrogens with zero attached hydrogens (tertiary/aromatic N) is 1. The van der Waals surface area contributed by atoms with E-state index in [1.807, 2.05) is 24.8 Å². The van der Waals surface area contributed by atoms with Gasteiger partial charge in [0.25, 0.3) is 0 Å². The van der Waals surface area contributed by atoms with Gasteiger partial charge in [0, 0.05) is 11.8 Å². The van der Waals surface area contributed by atoms with Crippen LogP contribution >= 0.6 is 11.8 Å². The average Bonchev–Trinajstić information content (AvgIpc) is 2.68. The molecule has 102 valence electrons. The summed E-state index contributed by atoms with van der Waals surface area (Å²) in [4.78, 5) is 16.9.